The molecule has 1 aliphatic heterocycles. The summed E-state index contributed by atoms with van der Waals surface area (Å²) < 4.78 is 6.58. The molecule has 2 fully saturated rings. The van der Waals surface area contributed by atoms with Crippen LogP contribution in [0.15, 0.2) is 42.5 Å². The number of fused-ring (bicyclic) bond motifs is 2. The summed E-state index contributed by atoms with van der Waals surface area (Å²) in [4.78, 5) is 0. The normalized spacial score (nSPS) is 33.3. The Bertz CT molecular complexity index is 703. The fraction of sp³-hybridized carbons (Fsp3) is 0.524. The first-order chi connectivity index (χ1) is 11.0. The molecular weight excluding hydrogens is 282 g/mol. The lowest BCUT2D eigenvalue weighted by atomic mass is 9.70. The van der Waals surface area contributed by atoms with Crippen molar-refractivity contribution >= 4 is 10.8 Å². The van der Waals surface area contributed by atoms with E-state index in [0.29, 0.717) is 12.0 Å². The molecule has 0 spiro atoms. The summed E-state index contributed by atoms with van der Waals surface area (Å²) in [6.45, 7) is 7.06. The summed E-state index contributed by atoms with van der Waals surface area (Å²) >= 11 is 0. The number of hydrogen-bond acceptors (Lipinski definition) is 2. The highest BCUT2D eigenvalue weighted by atomic mass is 16.5. The molecule has 0 amide bonds. The van der Waals surface area contributed by atoms with Crippen molar-refractivity contribution in [3.8, 4) is 0 Å². The number of hydrogen-bond donors (Lipinski definition) is 1. The quantitative estimate of drug-likeness (QED) is 0.796. The standard InChI is InChI=1S/C21H27NO/c1-14-11-12-18-19(13-14)23-20(22-21(18,2)3)17-10-6-8-15-7-4-5-9-16(15)17/h4-10,14,18-20,22H,11-13H2,1-3H3/t14-,18-,19-,20+/m1/s1. The van der Waals surface area contributed by atoms with Crippen LogP contribution in [0.25, 0.3) is 10.8 Å². The van der Waals surface area contributed by atoms with Crippen molar-refractivity contribution in [1.82, 2.24) is 5.32 Å². The van der Waals surface area contributed by atoms with Crippen molar-refractivity contribution in [2.45, 2.75) is 57.9 Å². The number of benzene rings is 2. The fourth-order valence-electron chi connectivity index (χ4n) is 4.59. The van der Waals surface area contributed by atoms with Crippen molar-refractivity contribution in [2.24, 2.45) is 11.8 Å². The highest BCUT2D eigenvalue weighted by Crippen LogP contribution is 2.44. The van der Waals surface area contributed by atoms with Crippen LogP contribution >= 0.6 is 0 Å². The second-order valence-electron chi connectivity index (χ2n) is 8.01. The summed E-state index contributed by atoms with van der Waals surface area (Å²) in [5.74, 6) is 1.39. The van der Waals surface area contributed by atoms with Crippen molar-refractivity contribution in [1.29, 1.82) is 0 Å². The Balaban J connectivity index is 1.71. The summed E-state index contributed by atoms with van der Waals surface area (Å²) in [6.07, 6.45) is 4.15. The minimum Gasteiger partial charge on any atom is -0.355 e. The summed E-state index contributed by atoms with van der Waals surface area (Å²) in [6, 6.07) is 15.1. The van der Waals surface area contributed by atoms with Crippen LogP contribution in [-0.2, 0) is 4.74 Å². The van der Waals surface area contributed by atoms with E-state index in [4.69, 9.17) is 4.74 Å². The lowest BCUT2D eigenvalue weighted by Gasteiger charge is -2.51. The Hall–Kier alpha value is -1.38. The molecule has 0 aromatic heterocycles. The third-order valence-corrected chi connectivity index (χ3v) is 5.90. The van der Waals surface area contributed by atoms with Crippen LogP contribution in [0.3, 0.4) is 0 Å². The van der Waals surface area contributed by atoms with Gasteiger partial charge in [0.15, 0.2) is 0 Å². The van der Waals surface area contributed by atoms with E-state index in [9.17, 15) is 0 Å². The largest absolute Gasteiger partial charge is 0.355 e. The monoisotopic (exact) mass is 309 g/mol. The van der Waals surface area contributed by atoms with Gasteiger partial charge in [0.2, 0.25) is 0 Å². The van der Waals surface area contributed by atoms with E-state index < -0.39 is 0 Å². The van der Waals surface area contributed by atoms with Gasteiger partial charge in [-0.1, -0.05) is 55.8 Å². The van der Waals surface area contributed by atoms with E-state index in [2.05, 4.69) is 68.6 Å². The minimum absolute atomic E-state index is 0.0114. The molecule has 4 atom stereocenters. The number of nitrogens with one attached hydrogen (secondary N) is 1. The summed E-state index contributed by atoms with van der Waals surface area (Å²) in [5, 5.41) is 6.37. The van der Waals surface area contributed by atoms with Gasteiger partial charge in [-0.15, -0.1) is 0 Å². The third-order valence-electron chi connectivity index (χ3n) is 5.90. The molecule has 2 aliphatic rings. The van der Waals surface area contributed by atoms with Gasteiger partial charge >= 0.3 is 0 Å². The van der Waals surface area contributed by atoms with Gasteiger partial charge in [0.25, 0.3) is 0 Å². The molecule has 0 bridgehead atoms. The molecule has 4 rings (SSSR count). The maximum atomic E-state index is 6.58. The topological polar surface area (TPSA) is 21.3 Å². The second kappa shape index (κ2) is 5.61. The Morgan fingerprint density at radius 2 is 1.83 bits per heavy atom. The maximum Gasteiger partial charge on any atom is 0.135 e. The fourth-order valence-corrected chi connectivity index (χ4v) is 4.59. The van der Waals surface area contributed by atoms with Crippen molar-refractivity contribution in [2.75, 3.05) is 0 Å². The molecule has 0 unspecified atom stereocenters. The average Bonchev–Trinajstić information content (AvgIpc) is 2.53. The van der Waals surface area contributed by atoms with E-state index >= 15 is 0 Å². The van der Waals surface area contributed by atoms with Crippen LogP contribution in [0.4, 0.5) is 0 Å². The predicted octanol–water partition coefficient (Wildman–Crippen LogP) is 5.04. The van der Waals surface area contributed by atoms with E-state index in [1.807, 2.05) is 0 Å². The molecule has 1 saturated heterocycles. The van der Waals surface area contributed by atoms with Crippen LogP contribution in [-0.4, -0.2) is 11.6 Å². The van der Waals surface area contributed by atoms with Gasteiger partial charge in [0.05, 0.1) is 6.10 Å². The molecule has 2 aromatic rings. The van der Waals surface area contributed by atoms with Crippen molar-refractivity contribution in [3.05, 3.63) is 48.0 Å². The van der Waals surface area contributed by atoms with Crippen molar-refractivity contribution in [3.63, 3.8) is 0 Å². The van der Waals surface area contributed by atoms with Gasteiger partial charge in [-0.2, -0.15) is 0 Å². The molecule has 1 heterocycles. The highest BCUT2D eigenvalue weighted by Gasteiger charge is 2.45. The number of rotatable bonds is 1. The summed E-state index contributed by atoms with van der Waals surface area (Å²) in [5.41, 5.74) is 1.39. The second-order valence-corrected chi connectivity index (χ2v) is 8.01. The lowest BCUT2D eigenvalue weighted by Crippen LogP contribution is -2.59. The third kappa shape index (κ3) is 2.68. The Morgan fingerprint density at radius 1 is 1.04 bits per heavy atom. The van der Waals surface area contributed by atoms with Gasteiger partial charge in [-0.25, -0.2) is 0 Å². The number of ether oxygens (including phenoxy) is 1. The molecule has 1 aliphatic carbocycles. The van der Waals surface area contributed by atoms with E-state index in [1.165, 1.54) is 35.6 Å². The summed E-state index contributed by atoms with van der Waals surface area (Å²) in [7, 11) is 0. The predicted molar refractivity (Wildman–Crippen MR) is 95.3 cm³/mol. The van der Waals surface area contributed by atoms with Crippen LogP contribution in [0.2, 0.25) is 0 Å². The van der Waals surface area contributed by atoms with Crippen LogP contribution < -0.4 is 5.32 Å². The zero-order chi connectivity index (χ0) is 16.0. The van der Waals surface area contributed by atoms with Crippen LogP contribution in [0.5, 0.6) is 0 Å². The maximum absolute atomic E-state index is 6.58. The first kappa shape index (κ1) is 15.2. The smallest absolute Gasteiger partial charge is 0.135 e. The zero-order valence-corrected chi connectivity index (χ0v) is 14.4. The van der Waals surface area contributed by atoms with E-state index in [-0.39, 0.29) is 11.8 Å². The van der Waals surface area contributed by atoms with Gasteiger partial charge in [-0.05, 0) is 43.4 Å². The average molecular weight is 309 g/mol. The molecule has 2 nitrogen and oxygen atoms in total. The molecule has 23 heavy (non-hydrogen) atoms. The molecule has 1 N–H and O–H groups in total. The first-order valence-electron chi connectivity index (χ1n) is 8.95. The molecule has 1 saturated carbocycles. The van der Waals surface area contributed by atoms with Gasteiger partial charge in [0.1, 0.15) is 6.23 Å². The molecule has 2 aromatic carbocycles. The molecule has 122 valence electrons. The van der Waals surface area contributed by atoms with E-state index in [0.717, 1.165) is 5.92 Å². The molecular formula is C21H27NO. The minimum atomic E-state index is -0.0114. The van der Waals surface area contributed by atoms with E-state index in [1.54, 1.807) is 0 Å². The lowest BCUT2D eigenvalue weighted by molar-refractivity contribution is -0.156. The van der Waals surface area contributed by atoms with Gasteiger partial charge in [-0.3, -0.25) is 5.32 Å². The Morgan fingerprint density at radius 3 is 2.70 bits per heavy atom. The SMILES string of the molecule is C[C@@H]1CC[C@@H]2[C@@H](C1)O[C@@H](c1cccc3ccccc13)NC2(C)C. The molecule has 0 radical (unpaired) electrons. The Labute approximate surface area is 139 Å². The first-order valence-corrected chi connectivity index (χ1v) is 8.95. The van der Waals surface area contributed by atoms with Crippen LogP contribution in [0, 0.1) is 11.8 Å². The van der Waals surface area contributed by atoms with Gasteiger partial charge in [0, 0.05) is 17.0 Å². The van der Waals surface area contributed by atoms with Crippen LogP contribution in [0.1, 0.15) is 51.8 Å². The van der Waals surface area contributed by atoms with Crippen molar-refractivity contribution < 1.29 is 4.74 Å². The molecule has 2 heteroatoms. The highest BCUT2D eigenvalue weighted by molar-refractivity contribution is 5.85. The Kier molecular flexibility index (Phi) is 3.70. The zero-order valence-electron chi connectivity index (χ0n) is 14.4. The van der Waals surface area contributed by atoms with Gasteiger partial charge < -0.3 is 4.74 Å².